The minimum Gasteiger partial charge on any atom is -0.361 e. The number of ether oxygens (including phenoxy) is 1. The summed E-state index contributed by atoms with van der Waals surface area (Å²) < 4.78 is 5.99. The zero-order valence-corrected chi connectivity index (χ0v) is 14.6. The first-order valence-corrected chi connectivity index (χ1v) is 8.38. The fourth-order valence-electron chi connectivity index (χ4n) is 3.72. The summed E-state index contributed by atoms with van der Waals surface area (Å²) in [6.07, 6.45) is 1.20. The molecule has 4 nitrogen and oxygen atoms in total. The second-order valence-corrected chi connectivity index (χ2v) is 7.73. The maximum Gasteiger partial charge on any atom is 0.171 e. The van der Waals surface area contributed by atoms with Crippen LogP contribution < -0.4 is 0 Å². The van der Waals surface area contributed by atoms with Gasteiger partial charge in [-0.2, -0.15) is 0 Å². The van der Waals surface area contributed by atoms with Crippen molar-refractivity contribution in [1.82, 2.24) is 9.80 Å². The lowest BCUT2D eigenvalue weighted by Gasteiger charge is -2.39. The zero-order chi connectivity index (χ0) is 15.8. The third kappa shape index (κ3) is 3.49. The van der Waals surface area contributed by atoms with E-state index < -0.39 is 5.60 Å². The molecule has 0 radical (unpaired) electrons. The van der Waals surface area contributed by atoms with Gasteiger partial charge in [-0.05, 0) is 41.0 Å². The first-order valence-electron chi connectivity index (χ1n) is 8.38. The maximum atomic E-state index is 12.6. The van der Waals surface area contributed by atoms with Crippen LogP contribution in [0.3, 0.4) is 0 Å². The lowest BCUT2D eigenvalue weighted by Crippen LogP contribution is -2.52. The Balaban J connectivity index is 1.93. The first kappa shape index (κ1) is 16.9. The average Bonchev–Trinajstić information content (AvgIpc) is 2.57. The molecule has 2 heterocycles. The lowest BCUT2D eigenvalue weighted by atomic mass is 9.85. The number of ketones is 1. The van der Waals surface area contributed by atoms with Crippen molar-refractivity contribution in [2.75, 3.05) is 32.7 Å². The van der Waals surface area contributed by atoms with Crippen LogP contribution in [0, 0.1) is 5.92 Å². The van der Waals surface area contributed by atoms with Crippen molar-refractivity contribution in [3.05, 3.63) is 0 Å². The summed E-state index contributed by atoms with van der Waals surface area (Å²) in [6, 6.07) is 0.666. The predicted molar refractivity (Wildman–Crippen MR) is 85.5 cm³/mol. The van der Waals surface area contributed by atoms with E-state index in [1.165, 1.54) is 6.42 Å². The monoisotopic (exact) mass is 296 g/mol. The van der Waals surface area contributed by atoms with E-state index in [-0.39, 0.29) is 17.3 Å². The molecule has 2 fully saturated rings. The third-order valence-electron chi connectivity index (χ3n) is 5.33. The lowest BCUT2D eigenvalue weighted by molar-refractivity contribution is -0.132. The van der Waals surface area contributed by atoms with Gasteiger partial charge in [-0.15, -0.1) is 0 Å². The summed E-state index contributed by atoms with van der Waals surface area (Å²) in [5.74, 6) is 0.250. The van der Waals surface area contributed by atoms with Crippen LogP contribution in [-0.2, 0) is 9.53 Å². The van der Waals surface area contributed by atoms with Gasteiger partial charge in [0, 0.05) is 38.8 Å². The fraction of sp³-hybridized carbons (Fsp3) is 0.941. The molecule has 2 atom stereocenters. The van der Waals surface area contributed by atoms with Crippen LogP contribution in [0.1, 0.15) is 48.0 Å². The van der Waals surface area contributed by atoms with Crippen LogP contribution in [0.15, 0.2) is 0 Å². The molecule has 2 unspecified atom stereocenters. The first-order chi connectivity index (χ1) is 9.67. The Kier molecular flexibility index (Phi) is 4.81. The second kappa shape index (κ2) is 5.98. The summed E-state index contributed by atoms with van der Waals surface area (Å²) in [6.45, 7) is 17.6. The Morgan fingerprint density at radius 1 is 1.19 bits per heavy atom. The molecular weight excluding hydrogens is 264 g/mol. The Bertz CT molecular complexity index is 384. The zero-order valence-electron chi connectivity index (χ0n) is 14.6. The number of rotatable bonds is 4. The molecule has 0 aromatic heterocycles. The Morgan fingerprint density at radius 3 is 2.19 bits per heavy atom. The van der Waals surface area contributed by atoms with E-state index in [0.29, 0.717) is 6.04 Å². The molecule has 0 amide bonds. The van der Waals surface area contributed by atoms with E-state index >= 15 is 0 Å². The highest BCUT2D eigenvalue weighted by Gasteiger charge is 2.53. The van der Waals surface area contributed by atoms with Crippen LogP contribution in [0.5, 0.6) is 0 Å². The molecular formula is C17H32N2O2. The molecule has 0 N–H and O–H groups in total. The second-order valence-electron chi connectivity index (χ2n) is 7.73. The highest BCUT2D eigenvalue weighted by molar-refractivity contribution is 5.91. The summed E-state index contributed by atoms with van der Waals surface area (Å²) >= 11 is 0. The number of nitrogens with zero attached hydrogens (tertiary/aromatic N) is 2. The molecule has 0 aromatic rings. The molecule has 0 aliphatic carbocycles. The van der Waals surface area contributed by atoms with Gasteiger partial charge in [-0.1, -0.05) is 6.92 Å². The number of hydrogen-bond donors (Lipinski definition) is 0. The highest BCUT2D eigenvalue weighted by atomic mass is 16.5. The van der Waals surface area contributed by atoms with Gasteiger partial charge in [-0.3, -0.25) is 14.6 Å². The van der Waals surface area contributed by atoms with Gasteiger partial charge in [0.25, 0.3) is 0 Å². The standard InChI is InChI=1S/C17H32N2O2/c1-7-13(2)19-10-8-18(9-11-19)12-14-15(20)17(5,6)21-16(14,3)4/h13-14H,7-12H2,1-6H3. The topological polar surface area (TPSA) is 32.8 Å². The van der Waals surface area contributed by atoms with Crippen molar-refractivity contribution < 1.29 is 9.53 Å². The minimum absolute atomic E-state index is 0.0114. The van der Waals surface area contributed by atoms with Crippen LogP contribution in [-0.4, -0.2) is 65.6 Å². The summed E-state index contributed by atoms with van der Waals surface area (Å²) in [5, 5.41) is 0. The van der Waals surface area contributed by atoms with Crippen LogP contribution in [0.25, 0.3) is 0 Å². The SMILES string of the molecule is CCC(C)N1CCN(CC2C(=O)C(C)(C)OC2(C)C)CC1. The molecule has 122 valence electrons. The van der Waals surface area contributed by atoms with E-state index in [1.807, 2.05) is 13.8 Å². The van der Waals surface area contributed by atoms with Crippen molar-refractivity contribution in [2.24, 2.45) is 5.92 Å². The quantitative estimate of drug-likeness (QED) is 0.796. The molecule has 2 rings (SSSR count). The van der Waals surface area contributed by atoms with Crippen LogP contribution in [0.2, 0.25) is 0 Å². The fourth-order valence-corrected chi connectivity index (χ4v) is 3.72. The molecule has 21 heavy (non-hydrogen) atoms. The number of piperazine rings is 1. The average molecular weight is 296 g/mol. The predicted octanol–water partition coefficient (Wildman–Crippen LogP) is 2.18. The van der Waals surface area contributed by atoms with Gasteiger partial charge in [0.2, 0.25) is 0 Å². The molecule has 2 aliphatic rings. The van der Waals surface area contributed by atoms with Crippen LogP contribution >= 0.6 is 0 Å². The summed E-state index contributed by atoms with van der Waals surface area (Å²) in [5.41, 5.74) is -0.985. The largest absolute Gasteiger partial charge is 0.361 e. The smallest absolute Gasteiger partial charge is 0.171 e. The number of Topliss-reactive ketones (excluding diaryl/α,β-unsaturated/α-hetero) is 1. The molecule has 2 saturated heterocycles. The molecule has 0 aromatic carbocycles. The van der Waals surface area contributed by atoms with Crippen molar-refractivity contribution in [1.29, 1.82) is 0 Å². The maximum absolute atomic E-state index is 12.6. The van der Waals surface area contributed by atoms with Gasteiger partial charge in [-0.25, -0.2) is 0 Å². The Hall–Kier alpha value is -0.450. The molecule has 0 saturated carbocycles. The van der Waals surface area contributed by atoms with Gasteiger partial charge in [0.05, 0.1) is 11.5 Å². The normalized spacial score (nSPS) is 31.5. The molecule has 0 bridgehead atoms. The molecule has 0 spiro atoms. The van der Waals surface area contributed by atoms with Gasteiger partial charge >= 0.3 is 0 Å². The van der Waals surface area contributed by atoms with E-state index in [4.69, 9.17) is 4.74 Å². The van der Waals surface area contributed by atoms with E-state index in [2.05, 4.69) is 37.5 Å². The Morgan fingerprint density at radius 2 is 1.76 bits per heavy atom. The summed E-state index contributed by atoms with van der Waals surface area (Å²) in [7, 11) is 0. The van der Waals surface area contributed by atoms with Crippen molar-refractivity contribution >= 4 is 5.78 Å². The summed E-state index contributed by atoms with van der Waals surface area (Å²) in [4.78, 5) is 17.6. The minimum atomic E-state index is -0.632. The number of hydrogen-bond acceptors (Lipinski definition) is 4. The molecule has 2 aliphatic heterocycles. The van der Waals surface area contributed by atoms with Crippen molar-refractivity contribution in [3.8, 4) is 0 Å². The number of carbonyl (C=O) groups excluding carboxylic acids is 1. The van der Waals surface area contributed by atoms with E-state index in [0.717, 1.165) is 32.7 Å². The van der Waals surface area contributed by atoms with E-state index in [1.54, 1.807) is 0 Å². The number of carbonyl (C=O) groups is 1. The van der Waals surface area contributed by atoms with Gasteiger partial charge in [0.1, 0.15) is 5.60 Å². The van der Waals surface area contributed by atoms with Crippen molar-refractivity contribution in [2.45, 2.75) is 65.2 Å². The highest BCUT2D eigenvalue weighted by Crippen LogP contribution is 2.39. The van der Waals surface area contributed by atoms with Crippen molar-refractivity contribution in [3.63, 3.8) is 0 Å². The van der Waals surface area contributed by atoms with E-state index in [9.17, 15) is 4.79 Å². The van der Waals surface area contributed by atoms with Gasteiger partial charge in [0.15, 0.2) is 5.78 Å². The van der Waals surface area contributed by atoms with Gasteiger partial charge < -0.3 is 4.74 Å². The molecule has 4 heteroatoms. The third-order valence-corrected chi connectivity index (χ3v) is 5.33. The van der Waals surface area contributed by atoms with Crippen LogP contribution in [0.4, 0.5) is 0 Å². The Labute approximate surface area is 129 Å².